The maximum absolute atomic E-state index is 11.4. The van der Waals surface area contributed by atoms with Crippen molar-refractivity contribution in [2.75, 3.05) is 19.7 Å². The molecule has 1 rings (SSSR count). The number of amides is 1. The minimum absolute atomic E-state index is 0.122. The van der Waals surface area contributed by atoms with E-state index in [0.717, 1.165) is 24.5 Å². The zero-order valence-corrected chi connectivity index (χ0v) is 14.2. The zero-order valence-electron chi connectivity index (χ0n) is 13.3. The summed E-state index contributed by atoms with van der Waals surface area (Å²) in [6.45, 7) is 7.81. The molecule has 0 aliphatic carbocycles. The molecule has 0 radical (unpaired) electrons. The van der Waals surface area contributed by atoms with Crippen LogP contribution in [-0.2, 0) is 11.2 Å². The summed E-state index contributed by atoms with van der Waals surface area (Å²) in [5, 5.41) is 2.58. The number of hydrogen-bond acceptors (Lipinski definition) is 3. The van der Waals surface area contributed by atoms with Crippen LogP contribution in [0.25, 0.3) is 0 Å². The highest BCUT2D eigenvalue weighted by Crippen LogP contribution is 2.05. The monoisotopic (exact) mass is 321 g/mol. The number of thiocarbonyl (C=S) groups is 1. The van der Waals surface area contributed by atoms with E-state index in [1.54, 1.807) is 6.92 Å². The first-order valence-corrected chi connectivity index (χ1v) is 7.85. The number of hydrogen-bond donors (Lipinski definition) is 1. The summed E-state index contributed by atoms with van der Waals surface area (Å²) in [5.74, 6) is 0.831. The van der Waals surface area contributed by atoms with E-state index in [-0.39, 0.29) is 5.11 Å². The minimum Gasteiger partial charge on any atom is -0.450 e. The molecule has 0 saturated heterocycles. The second kappa shape index (κ2) is 9.89. The number of ether oxygens (including phenoxy) is 1. The number of aliphatic imine (C=N–C) groups is 1. The third-order valence-electron chi connectivity index (χ3n) is 3.05. The molecule has 1 aromatic carbocycles. The summed E-state index contributed by atoms with van der Waals surface area (Å²) in [4.78, 5) is 17.9. The first-order chi connectivity index (χ1) is 10.6. The molecule has 1 aromatic rings. The van der Waals surface area contributed by atoms with Gasteiger partial charge in [-0.2, -0.15) is 0 Å². The van der Waals surface area contributed by atoms with Gasteiger partial charge in [-0.25, -0.2) is 9.79 Å². The average molecular weight is 321 g/mol. The number of amidine groups is 1. The number of nitrogens with zero attached hydrogens (tertiary/aromatic N) is 2. The largest absolute Gasteiger partial charge is 0.450 e. The highest BCUT2D eigenvalue weighted by Gasteiger charge is 2.11. The molecule has 0 heterocycles. The number of carbonyl (C=O) groups is 1. The summed E-state index contributed by atoms with van der Waals surface area (Å²) in [6, 6.07) is 10.0. The molecule has 22 heavy (non-hydrogen) atoms. The van der Waals surface area contributed by atoms with E-state index in [9.17, 15) is 4.79 Å². The van der Waals surface area contributed by atoms with Crippen LogP contribution in [0.1, 0.15) is 26.3 Å². The van der Waals surface area contributed by atoms with E-state index < -0.39 is 6.09 Å². The molecule has 5 nitrogen and oxygen atoms in total. The molecule has 1 N–H and O–H groups in total. The Labute approximate surface area is 137 Å². The summed E-state index contributed by atoms with van der Waals surface area (Å²) in [6.07, 6.45) is 0.0857. The van der Waals surface area contributed by atoms with Gasteiger partial charge in [0.15, 0.2) is 0 Å². The maximum Gasteiger partial charge on any atom is 0.413 e. The van der Waals surface area contributed by atoms with Crippen molar-refractivity contribution in [2.24, 2.45) is 4.99 Å². The Kier molecular flexibility index (Phi) is 8.14. The Balaban J connectivity index is 2.87. The smallest absolute Gasteiger partial charge is 0.413 e. The number of nitrogens with one attached hydrogen (secondary N) is 1. The van der Waals surface area contributed by atoms with E-state index in [0.29, 0.717) is 13.0 Å². The molecular weight excluding hydrogens is 298 g/mol. The molecule has 6 heteroatoms. The molecule has 0 bridgehead atoms. The van der Waals surface area contributed by atoms with Crippen molar-refractivity contribution in [3.8, 4) is 0 Å². The number of benzene rings is 1. The second-order valence-electron chi connectivity index (χ2n) is 4.51. The first kappa shape index (κ1) is 18.1. The van der Waals surface area contributed by atoms with Gasteiger partial charge < -0.3 is 9.64 Å². The van der Waals surface area contributed by atoms with Gasteiger partial charge in [-0.1, -0.05) is 30.3 Å². The number of likely N-dealkylation sites (N-methyl/N-ethyl adjacent to an activating group) is 1. The molecule has 0 unspecified atom stereocenters. The quantitative estimate of drug-likeness (QED) is 0.514. The number of rotatable bonds is 5. The van der Waals surface area contributed by atoms with Gasteiger partial charge in [0.1, 0.15) is 5.84 Å². The van der Waals surface area contributed by atoms with Crippen LogP contribution in [0.2, 0.25) is 0 Å². The second-order valence-corrected chi connectivity index (χ2v) is 4.90. The van der Waals surface area contributed by atoms with Gasteiger partial charge in [0.05, 0.1) is 6.61 Å². The number of alkyl carbamates (subject to hydrolysis) is 1. The fraction of sp³-hybridized carbons (Fsp3) is 0.438. The van der Waals surface area contributed by atoms with Gasteiger partial charge in [-0.15, -0.1) is 0 Å². The molecule has 0 aromatic heterocycles. The topological polar surface area (TPSA) is 53.9 Å². The highest BCUT2D eigenvalue weighted by atomic mass is 32.1. The predicted octanol–water partition coefficient (Wildman–Crippen LogP) is 3.00. The van der Waals surface area contributed by atoms with Gasteiger partial charge in [0.2, 0.25) is 5.11 Å². The first-order valence-electron chi connectivity index (χ1n) is 7.44. The lowest BCUT2D eigenvalue weighted by Crippen LogP contribution is -2.35. The standard InChI is InChI=1S/C16H23N3O2S/c1-4-19(5-2)14(12-13-10-8-7-9-11-13)17-15(22)18-16(20)21-6-3/h7-11H,4-6,12H2,1-3H3,(H,18,20,22). The van der Waals surface area contributed by atoms with Gasteiger partial charge in [0, 0.05) is 19.5 Å². The van der Waals surface area contributed by atoms with E-state index in [1.165, 1.54) is 0 Å². The molecular formula is C16H23N3O2S. The van der Waals surface area contributed by atoms with Crippen molar-refractivity contribution in [1.82, 2.24) is 10.2 Å². The van der Waals surface area contributed by atoms with E-state index in [2.05, 4.69) is 29.1 Å². The molecule has 0 saturated carbocycles. The molecule has 0 spiro atoms. The van der Waals surface area contributed by atoms with Crippen LogP contribution in [0.5, 0.6) is 0 Å². The Hall–Kier alpha value is -1.95. The normalized spacial score (nSPS) is 11.0. The molecule has 0 fully saturated rings. The van der Waals surface area contributed by atoms with Gasteiger partial charge in [-0.05, 0) is 38.6 Å². The zero-order chi connectivity index (χ0) is 16.4. The molecule has 1 amide bonds. The van der Waals surface area contributed by atoms with Crippen LogP contribution in [-0.4, -0.2) is 41.6 Å². The fourth-order valence-corrected chi connectivity index (χ4v) is 2.18. The molecule has 120 valence electrons. The van der Waals surface area contributed by atoms with Crippen LogP contribution in [0.4, 0.5) is 4.79 Å². The lowest BCUT2D eigenvalue weighted by Gasteiger charge is -2.23. The van der Waals surface area contributed by atoms with Crippen LogP contribution in [0.3, 0.4) is 0 Å². The number of carbonyl (C=O) groups excluding carboxylic acids is 1. The fourth-order valence-electron chi connectivity index (χ4n) is 1.99. The van der Waals surface area contributed by atoms with Gasteiger partial charge >= 0.3 is 6.09 Å². The van der Waals surface area contributed by atoms with Gasteiger partial charge in [0.25, 0.3) is 0 Å². The lowest BCUT2D eigenvalue weighted by atomic mass is 10.1. The highest BCUT2D eigenvalue weighted by molar-refractivity contribution is 7.80. The van der Waals surface area contributed by atoms with Crippen molar-refractivity contribution in [3.05, 3.63) is 35.9 Å². The average Bonchev–Trinajstić information content (AvgIpc) is 2.49. The molecule has 0 aliphatic rings. The summed E-state index contributed by atoms with van der Waals surface area (Å²) in [5.41, 5.74) is 1.15. The summed E-state index contributed by atoms with van der Waals surface area (Å²) >= 11 is 5.13. The molecule has 0 aliphatic heterocycles. The van der Waals surface area contributed by atoms with Crippen LogP contribution >= 0.6 is 12.2 Å². The van der Waals surface area contributed by atoms with Crippen LogP contribution in [0, 0.1) is 0 Å². The Morgan fingerprint density at radius 2 is 1.86 bits per heavy atom. The SMILES string of the molecule is CCOC(=O)NC(=S)N=C(Cc1ccccc1)N(CC)CC. The van der Waals surface area contributed by atoms with E-state index in [4.69, 9.17) is 17.0 Å². The minimum atomic E-state index is -0.574. The summed E-state index contributed by atoms with van der Waals surface area (Å²) in [7, 11) is 0. The summed E-state index contributed by atoms with van der Waals surface area (Å²) < 4.78 is 4.81. The Morgan fingerprint density at radius 1 is 1.23 bits per heavy atom. The third-order valence-corrected chi connectivity index (χ3v) is 3.24. The maximum atomic E-state index is 11.4. The van der Waals surface area contributed by atoms with Crippen LogP contribution < -0.4 is 5.32 Å². The van der Waals surface area contributed by atoms with Crippen LogP contribution in [0.15, 0.2) is 35.3 Å². The van der Waals surface area contributed by atoms with Crippen molar-refractivity contribution in [3.63, 3.8) is 0 Å². The third kappa shape index (κ3) is 6.22. The molecule has 0 atom stereocenters. The predicted molar refractivity (Wildman–Crippen MR) is 93.3 cm³/mol. The van der Waals surface area contributed by atoms with E-state index >= 15 is 0 Å². The van der Waals surface area contributed by atoms with Crippen molar-refractivity contribution < 1.29 is 9.53 Å². The van der Waals surface area contributed by atoms with Crippen molar-refractivity contribution in [1.29, 1.82) is 0 Å². The Morgan fingerprint density at radius 3 is 2.41 bits per heavy atom. The lowest BCUT2D eigenvalue weighted by molar-refractivity contribution is 0.158. The van der Waals surface area contributed by atoms with Crippen molar-refractivity contribution in [2.45, 2.75) is 27.2 Å². The Bertz CT molecular complexity index is 513. The van der Waals surface area contributed by atoms with Crippen molar-refractivity contribution >= 4 is 29.3 Å². The van der Waals surface area contributed by atoms with E-state index in [1.807, 2.05) is 30.3 Å². The van der Waals surface area contributed by atoms with Gasteiger partial charge in [-0.3, -0.25) is 5.32 Å².